The van der Waals surface area contributed by atoms with Crippen molar-refractivity contribution in [1.82, 2.24) is 9.80 Å². The van der Waals surface area contributed by atoms with Crippen molar-refractivity contribution in [3.63, 3.8) is 0 Å². The number of hydrogen-bond acceptors (Lipinski definition) is 4. The number of carbonyl (C=O) groups excluding carboxylic acids is 1. The van der Waals surface area contributed by atoms with Gasteiger partial charge in [-0.25, -0.2) is 0 Å². The summed E-state index contributed by atoms with van der Waals surface area (Å²) in [5.74, 6) is -0.0815. The Morgan fingerprint density at radius 1 is 1.42 bits per heavy atom. The van der Waals surface area contributed by atoms with Crippen LogP contribution in [0.1, 0.15) is 17.3 Å². The molecule has 1 saturated heterocycles. The molecule has 3 N–H and O–H groups in total. The largest absolute Gasteiger partial charge is 0.399 e. The Kier molecular flexibility index (Phi) is 4.07. The molecule has 19 heavy (non-hydrogen) atoms. The van der Waals surface area contributed by atoms with Gasteiger partial charge in [-0.15, -0.1) is 0 Å². The van der Waals surface area contributed by atoms with Crippen molar-refractivity contribution >= 4 is 11.6 Å². The van der Waals surface area contributed by atoms with Crippen LogP contribution in [0.5, 0.6) is 0 Å². The number of likely N-dealkylation sites (N-methyl/N-ethyl adjacent to an activating group) is 2. The van der Waals surface area contributed by atoms with Crippen LogP contribution in [0.25, 0.3) is 0 Å². The van der Waals surface area contributed by atoms with E-state index in [4.69, 9.17) is 5.73 Å². The molecule has 1 aromatic carbocycles. The monoisotopic (exact) mass is 263 g/mol. The van der Waals surface area contributed by atoms with Crippen LogP contribution in [0.2, 0.25) is 0 Å². The second-order valence-corrected chi connectivity index (χ2v) is 5.02. The van der Waals surface area contributed by atoms with Crippen LogP contribution in [-0.4, -0.2) is 59.6 Å². The molecule has 0 aromatic heterocycles. The van der Waals surface area contributed by atoms with E-state index in [0.717, 1.165) is 13.1 Å². The molecule has 104 valence electrons. The van der Waals surface area contributed by atoms with Gasteiger partial charge < -0.3 is 15.7 Å². The van der Waals surface area contributed by atoms with Crippen LogP contribution in [0.4, 0.5) is 5.69 Å². The van der Waals surface area contributed by atoms with E-state index in [0.29, 0.717) is 17.8 Å². The molecule has 1 aliphatic heterocycles. The number of hydrogen-bond donors (Lipinski definition) is 2. The van der Waals surface area contributed by atoms with Crippen molar-refractivity contribution in [2.75, 3.05) is 32.4 Å². The number of rotatable bonds is 3. The zero-order chi connectivity index (χ0) is 14.0. The van der Waals surface area contributed by atoms with E-state index in [2.05, 4.69) is 11.8 Å². The molecule has 2 rings (SSSR count). The van der Waals surface area contributed by atoms with Crippen LogP contribution >= 0.6 is 0 Å². The van der Waals surface area contributed by atoms with Crippen LogP contribution in [-0.2, 0) is 0 Å². The summed E-state index contributed by atoms with van der Waals surface area (Å²) in [6, 6.07) is 6.71. The number of aliphatic hydroxyl groups is 1. The molecule has 0 unspecified atom stereocenters. The van der Waals surface area contributed by atoms with Crippen LogP contribution in [0, 0.1) is 0 Å². The number of β-amino-alcohol motifs (C(OH)–C–C–N with tert-alkyl or cyclic N) is 1. The molecule has 2 atom stereocenters. The normalized spacial score (nSPS) is 23.5. The maximum absolute atomic E-state index is 12.3. The van der Waals surface area contributed by atoms with Gasteiger partial charge in [0.25, 0.3) is 5.91 Å². The summed E-state index contributed by atoms with van der Waals surface area (Å²) in [5, 5.41) is 10.0. The van der Waals surface area contributed by atoms with E-state index in [1.165, 1.54) is 0 Å². The lowest BCUT2D eigenvalue weighted by Crippen LogP contribution is -2.44. The molecule has 0 bridgehead atoms. The average molecular weight is 263 g/mol. The van der Waals surface area contributed by atoms with Gasteiger partial charge >= 0.3 is 0 Å². The number of aliphatic hydroxyl groups excluding tert-OH is 1. The molecule has 0 saturated carbocycles. The first-order chi connectivity index (χ1) is 9.02. The smallest absolute Gasteiger partial charge is 0.253 e. The number of nitrogens with two attached hydrogens (primary N) is 1. The number of nitrogen functional groups attached to an aromatic ring is 1. The van der Waals surface area contributed by atoms with Gasteiger partial charge in [-0.1, -0.05) is 6.92 Å². The highest BCUT2D eigenvalue weighted by Gasteiger charge is 2.35. The topological polar surface area (TPSA) is 69.8 Å². The summed E-state index contributed by atoms with van der Waals surface area (Å²) >= 11 is 0. The Bertz CT molecular complexity index is 447. The molecule has 1 fully saturated rings. The first-order valence-corrected chi connectivity index (χ1v) is 6.56. The lowest BCUT2D eigenvalue weighted by molar-refractivity contribution is 0.0581. The molecule has 1 aliphatic rings. The van der Waals surface area contributed by atoms with E-state index in [1.54, 1.807) is 36.2 Å². The molecule has 1 amide bonds. The Balaban J connectivity index is 2.09. The van der Waals surface area contributed by atoms with Gasteiger partial charge in [0.2, 0.25) is 0 Å². The summed E-state index contributed by atoms with van der Waals surface area (Å²) < 4.78 is 0. The van der Waals surface area contributed by atoms with Gasteiger partial charge in [0.15, 0.2) is 0 Å². The zero-order valence-corrected chi connectivity index (χ0v) is 11.4. The maximum atomic E-state index is 12.3. The Morgan fingerprint density at radius 2 is 2.05 bits per heavy atom. The molecular formula is C14H21N3O2. The van der Waals surface area contributed by atoms with Crippen LogP contribution in [0.15, 0.2) is 24.3 Å². The third-order valence-electron chi connectivity index (χ3n) is 3.76. The first-order valence-electron chi connectivity index (χ1n) is 6.56. The van der Waals surface area contributed by atoms with Crippen molar-refractivity contribution in [1.29, 1.82) is 0 Å². The Hall–Kier alpha value is -1.59. The van der Waals surface area contributed by atoms with Gasteiger partial charge in [0.05, 0.1) is 12.1 Å². The Morgan fingerprint density at radius 3 is 2.58 bits per heavy atom. The van der Waals surface area contributed by atoms with Crippen LogP contribution in [0.3, 0.4) is 0 Å². The van der Waals surface area contributed by atoms with Crippen LogP contribution < -0.4 is 5.73 Å². The summed E-state index contributed by atoms with van der Waals surface area (Å²) in [4.78, 5) is 16.1. The third-order valence-corrected chi connectivity index (χ3v) is 3.76. The molecule has 5 heteroatoms. The standard InChI is InChI=1S/C14H21N3O2/c1-3-17-8-12(13(18)9-17)16(2)14(19)10-4-6-11(15)7-5-10/h4-7,12-13,18H,3,8-9,15H2,1-2H3/t12-,13-/m0/s1. The maximum Gasteiger partial charge on any atom is 0.253 e. The minimum Gasteiger partial charge on any atom is -0.399 e. The Labute approximate surface area is 113 Å². The fraction of sp³-hybridized carbons (Fsp3) is 0.500. The van der Waals surface area contributed by atoms with Crippen molar-refractivity contribution in [3.05, 3.63) is 29.8 Å². The fourth-order valence-electron chi connectivity index (χ4n) is 2.47. The molecule has 1 heterocycles. The minimum atomic E-state index is -0.484. The molecule has 0 spiro atoms. The number of carbonyl (C=O) groups is 1. The SMILES string of the molecule is CCN1C[C@H](O)[C@@H](N(C)C(=O)c2ccc(N)cc2)C1. The minimum absolute atomic E-state index is 0.0815. The quantitative estimate of drug-likeness (QED) is 0.775. The van der Waals surface area contributed by atoms with Gasteiger partial charge in [-0.05, 0) is 30.8 Å². The summed E-state index contributed by atoms with van der Waals surface area (Å²) in [5.41, 5.74) is 6.84. The molecular weight excluding hydrogens is 242 g/mol. The van der Waals surface area contributed by atoms with Crippen molar-refractivity contribution in [3.8, 4) is 0 Å². The molecule has 5 nitrogen and oxygen atoms in total. The predicted octanol–water partition coefficient (Wildman–Crippen LogP) is 0.406. The predicted molar refractivity (Wildman–Crippen MR) is 74.9 cm³/mol. The highest BCUT2D eigenvalue weighted by Crippen LogP contribution is 2.17. The second kappa shape index (κ2) is 5.59. The number of amides is 1. The van der Waals surface area contributed by atoms with E-state index >= 15 is 0 Å². The highest BCUT2D eigenvalue weighted by molar-refractivity contribution is 5.94. The first kappa shape index (κ1) is 13.8. The highest BCUT2D eigenvalue weighted by atomic mass is 16.3. The lowest BCUT2D eigenvalue weighted by atomic mass is 10.1. The molecule has 1 aromatic rings. The van der Waals surface area contributed by atoms with E-state index in [-0.39, 0.29) is 11.9 Å². The average Bonchev–Trinajstić information content (AvgIpc) is 2.79. The summed E-state index contributed by atoms with van der Waals surface area (Å²) in [6.07, 6.45) is -0.484. The molecule has 0 radical (unpaired) electrons. The van der Waals surface area contributed by atoms with E-state index in [1.807, 2.05) is 0 Å². The van der Waals surface area contributed by atoms with Crippen molar-refractivity contribution < 1.29 is 9.90 Å². The number of anilines is 1. The van der Waals surface area contributed by atoms with Gasteiger partial charge in [0.1, 0.15) is 0 Å². The van der Waals surface area contributed by atoms with Crippen molar-refractivity contribution in [2.45, 2.75) is 19.1 Å². The lowest BCUT2D eigenvalue weighted by Gasteiger charge is -2.26. The van der Waals surface area contributed by atoms with Crippen molar-refractivity contribution in [2.24, 2.45) is 0 Å². The van der Waals surface area contributed by atoms with E-state index in [9.17, 15) is 9.90 Å². The number of benzene rings is 1. The van der Waals surface area contributed by atoms with Gasteiger partial charge in [0, 0.05) is 31.4 Å². The second-order valence-electron chi connectivity index (χ2n) is 5.02. The number of nitrogens with zero attached hydrogens (tertiary/aromatic N) is 2. The third kappa shape index (κ3) is 2.88. The van der Waals surface area contributed by atoms with E-state index < -0.39 is 6.10 Å². The zero-order valence-electron chi connectivity index (χ0n) is 11.4. The summed E-state index contributed by atoms with van der Waals surface area (Å²) in [7, 11) is 1.74. The fourth-order valence-corrected chi connectivity index (χ4v) is 2.47. The molecule has 0 aliphatic carbocycles. The van der Waals surface area contributed by atoms with Gasteiger partial charge in [-0.3, -0.25) is 9.69 Å². The number of likely N-dealkylation sites (tertiary alicyclic amines) is 1. The van der Waals surface area contributed by atoms with Gasteiger partial charge in [-0.2, -0.15) is 0 Å². The summed E-state index contributed by atoms with van der Waals surface area (Å²) in [6.45, 7) is 4.28.